The molecule has 86 valence electrons. The van der Waals surface area contributed by atoms with Gasteiger partial charge in [0.1, 0.15) is 5.82 Å². The van der Waals surface area contributed by atoms with Crippen molar-refractivity contribution in [1.29, 1.82) is 0 Å². The number of aliphatic hydroxyl groups is 1. The lowest BCUT2D eigenvalue weighted by atomic mass is 9.94. The van der Waals surface area contributed by atoms with Gasteiger partial charge in [-0.15, -0.1) is 0 Å². The molecule has 0 bridgehead atoms. The van der Waals surface area contributed by atoms with Crippen LogP contribution in [0.1, 0.15) is 12.0 Å². The quantitative estimate of drug-likeness (QED) is 0.786. The first-order valence-electron chi connectivity index (χ1n) is 5.09. The number of carbonyl (C=O) groups is 1. The molecule has 3 nitrogen and oxygen atoms in total. The van der Waals surface area contributed by atoms with Gasteiger partial charge in [0.25, 0.3) is 0 Å². The smallest absolute Gasteiger partial charge is 0.309 e. The largest absolute Gasteiger partial charge is 0.469 e. The monoisotopic (exact) mass is 224 g/mol. The number of hydrogen-bond acceptors (Lipinski definition) is 3. The zero-order chi connectivity index (χ0) is 11.8. The molecule has 1 aromatic carbocycles. The Morgan fingerprint density at radius 1 is 1.69 bits per heavy atom. The number of benzene rings is 1. The molecule has 0 aliphatic heterocycles. The molecular weight excluding hydrogens is 211 g/mol. The molecule has 1 aliphatic rings. The van der Waals surface area contributed by atoms with Crippen LogP contribution in [0.2, 0.25) is 0 Å². The van der Waals surface area contributed by atoms with Crippen molar-refractivity contribution in [3.05, 3.63) is 35.6 Å². The minimum absolute atomic E-state index is 0.170. The Labute approximate surface area is 92.9 Å². The molecule has 1 aliphatic carbocycles. The van der Waals surface area contributed by atoms with Crippen LogP contribution in [-0.4, -0.2) is 24.8 Å². The first-order valence-corrected chi connectivity index (χ1v) is 5.09. The van der Waals surface area contributed by atoms with Crippen molar-refractivity contribution in [2.75, 3.05) is 13.7 Å². The molecule has 0 spiro atoms. The first-order chi connectivity index (χ1) is 7.64. The molecule has 1 N–H and O–H groups in total. The minimum atomic E-state index is -0.644. The highest BCUT2D eigenvalue weighted by atomic mass is 19.1. The second kappa shape index (κ2) is 3.87. The summed E-state index contributed by atoms with van der Waals surface area (Å²) in [6, 6.07) is 6.00. The second-order valence-electron chi connectivity index (χ2n) is 4.10. The van der Waals surface area contributed by atoms with Gasteiger partial charge in [-0.05, 0) is 24.1 Å². The maximum absolute atomic E-state index is 13.1. The summed E-state index contributed by atoms with van der Waals surface area (Å²) < 4.78 is 17.7. The van der Waals surface area contributed by atoms with Crippen molar-refractivity contribution < 1.29 is 19.0 Å². The standard InChI is InChI=1S/C12H13FO3/c1-16-11(15)10-6-12(10,7-14)8-3-2-4-9(13)5-8/h2-5,10,14H,6-7H2,1H3/t10-,12-/m1/s1. The van der Waals surface area contributed by atoms with E-state index < -0.39 is 5.41 Å². The van der Waals surface area contributed by atoms with Crippen LogP contribution in [0.25, 0.3) is 0 Å². The Morgan fingerprint density at radius 2 is 2.44 bits per heavy atom. The highest BCUT2D eigenvalue weighted by molar-refractivity contribution is 5.79. The molecule has 2 rings (SSSR count). The molecule has 0 radical (unpaired) electrons. The van der Waals surface area contributed by atoms with Crippen LogP contribution < -0.4 is 0 Å². The fourth-order valence-electron chi connectivity index (χ4n) is 2.14. The van der Waals surface area contributed by atoms with E-state index in [-0.39, 0.29) is 24.3 Å². The van der Waals surface area contributed by atoms with Crippen LogP contribution >= 0.6 is 0 Å². The van der Waals surface area contributed by atoms with E-state index in [1.54, 1.807) is 12.1 Å². The van der Waals surface area contributed by atoms with E-state index in [0.717, 1.165) is 0 Å². The van der Waals surface area contributed by atoms with Crippen LogP contribution in [0, 0.1) is 11.7 Å². The lowest BCUT2D eigenvalue weighted by molar-refractivity contribution is -0.142. The summed E-state index contributed by atoms with van der Waals surface area (Å²) >= 11 is 0. The van der Waals surface area contributed by atoms with Gasteiger partial charge in [0.15, 0.2) is 0 Å². The fraction of sp³-hybridized carbons (Fsp3) is 0.417. The van der Waals surface area contributed by atoms with Gasteiger partial charge < -0.3 is 9.84 Å². The first kappa shape index (κ1) is 11.1. The van der Waals surface area contributed by atoms with Gasteiger partial charge in [-0.1, -0.05) is 12.1 Å². The number of carbonyl (C=O) groups excluding carboxylic acids is 1. The summed E-state index contributed by atoms with van der Waals surface area (Å²) in [6.07, 6.45) is 0.514. The van der Waals surface area contributed by atoms with Crippen molar-refractivity contribution in [2.24, 2.45) is 5.92 Å². The van der Waals surface area contributed by atoms with E-state index >= 15 is 0 Å². The van der Waals surface area contributed by atoms with Crippen molar-refractivity contribution in [1.82, 2.24) is 0 Å². The zero-order valence-electron chi connectivity index (χ0n) is 8.94. The van der Waals surface area contributed by atoms with Crippen LogP contribution in [0.5, 0.6) is 0 Å². The molecule has 2 atom stereocenters. The van der Waals surface area contributed by atoms with E-state index in [2.05, 4.69) is 4.74 Å². The molecule has 16 heavy (non-hydrogen) atoms. The van der Waals surface area contributed by atoms with E-state index in [1.807, 2.05) is 0 Å². The Balaban J connectivity index is 2.29. The zero-order valence-corrected chi connectivity index (χ0v) is 8.94. The molecule has 0 heterocycles. The molecule has 0 unspecified atom stereocenters. The molecule has 1 saturated carbocycles. The van der Waals surface area contributed by atoms with Gasteiger partial charge in [-0.2, -0.15) is 0 Å². The lowest BCUT2D eigenvalue weighted by Gasteiger charge is -2.14. The van der Waals surface area contributed by atoms with Crippen LogP contribution in [0.3, 0.4) is 0 Å². The third-order valence-electron chi connectivity index (χ3n) is 3.24. The van der Waals surface area contributed by atoms with Gasteiger partial charge in [0, 0.05) is 5.41 Å². The van der Waals surface area contributed by atoms with Crippen molar-refractivity contribution >= 4 is 5.97 Å². The van der Waals surface area contributed by atoms with E-state index in [4.69, 9.17) is 0 Å². The average molecular weight is 224 g/mol. The number of halogens is 1. The Hall–Kier alpha value is -1.42. The highest BCUT2D eigenvalue weighted by Gasteiger charge is 2.59. The van der Waals surface area contributed by atoms with Gasteiger partial charge in [-0.3, -0.25) is 4.79 Å². The Morgan fingerprint density at radius 3 is 3.00 bits per heavy atom. The molecule has 1 fully saturated rings. The van der Waals surface area contributed by atoms with Crippen molar-refractivity contribution in [3.63, 3.8) is 0 Å². The molecule has 0 aromatic heterocycles. The SMILES string of the molecule is COC(=O)[C@H]1C[C@@]1(CO)c1cccc(F)c1. The maximum atomic E-state index is 13.1. The van der Waals surface area contributed by atoms with Crippen molar-refractivity contribution in [2.45, 2.75) is 11.8 Å². The average Bonchev–Trinajstić information content (AvgIpc) is 3.04. The molecule has 0 amide bonds. The van der Waals surface area contributed by atoms with Gasteiger partial charge in [-0.25, -0.2) is 4.39 Å². The van der Waals surface area contributed by atoms with Crippen LogP contribution in [0.15, 0.2) is 24.3 Å². The number of hydrogen-bond donors (Lipinski definition) is 1. The lowest BCUT2D eigenvalue weighted by Crippen LogP contribution is -2.20. The molecule has 4 heteroatoms. The minimum Gasteiger partial charge on any atom is -0.469 e. The van der Waals surface area contributed by atoms with Gasteiger partial charge in [0.05, 0.1) is 19.6 Å². The fourth-order valence-corrected chi connectivity index (χ4v) is 2.14. The van der Waals surface area contributed by atoms with E-state index in [9.17, 15) is 14.3 Å². The number of rotatable bonds is 3. The van der Waals surface area contributed by atoms with Crippen LogP contribution in [0.4, 0.5) is 4.39 Å². The number of aliphatic hydroxyl groups excluding tert-OH is 1. The van der Waals surface area contributed by atoms with Gasteiger partial charge in [0.2, 0.25) is 0 Å². The maximum Gasteiger partial charge on any atom is 0.309 e. The summed E-state index contributed by atoms with van der Waals surface area (Å²) in [6.45, 7) is -0.170. The highest BCUT2D eigenvalue weighted by Crippen LogP contribution is 2.54. The normalized spacial score (nSPS) is 27.6. The van der Waals surface area contributed by atoms with Crippen LogP contribution in [-0.2, 0) is 14.9 Å². The molecule has 1 aromatic rings. The predicted molar refractivity (Wildman–Crippen MR) is 55.3 cm³/mol. The third-order valence-corrected chi connectivity index (χ3v) is 3.24. The summed E-state index contributed by atoms with van der Waals surface area (Å²) in [4.78, 5) is 11.4. The van der Waals surface area contributed by atoms with Crippen molar-refractivity contribution in [3.8, 4) is 0 Å². The number of methoxy groups -OCH3 is 1. The summed E-state index contributed by atoms with van der Waals surface area (Å²) in [7, 11) is 1.31. The number of ether oxygens (including phenoxy) is 1. The number of esters is 1. The predicted octanol–water partition coefficient (Wildman–Crippen LogP) is 1.25. The summed E-state index contributed by atoms with van der Waals surface area (Å²) in [5, 5.41) is 9.39. The Bertz CT molecular complexity index is 418. The Kier molecular flexibility index (Phi) is 2.68. The van der Waals surface area contributed by atoms with Gasteiger partial charge >= 0.3 is 5.97 Å². The van der Waals surface area contributed by atoms with E-state index in [1.165, 1.54) is 19.2 Å². The second-order valence-corrected chi connectivity index (χ2v) is 4.10. The summed E-state index contributed by atoms with van der Waals surface area (Å²) in [5.41, 5.74) is 0.0141. The third kappa shape index (κ3) is 1.59. The topological polar surface area (TPSA) is 46.5 Å². The molecule has 0 saturated heterocycles. The van der Waals surface area contributed by atoms with E-state index in [0.29, 0.717) is 12.0 Å². The summed E-state index contributed by atoms with van der Waals surface area (Å²) in [5.74, 6) is -1.07. The molecular formula is C12H13FO3.